The summed E-state index contributed by atoms with van der Waals surface area (Å²) in [5, 5.41) is 0. The van der Waals surface area contributed by atoms with Crippen molar-refractivity contribution < 1.29 is 0 Å². The molecule has 0 saturated heterocycles. The normalized spacial score (nSPS) is 57.2. The Morgan fingerprint density at radius 3 is 2.14 bits per heavy atom. The fourth-order valence-corrected chi connectivity index (χ4v) is 10.4. The third-order valence-corrected chi connectivity index (χ3v) is 11.8. The van der Waals surface area contributed by atoms with Crippen LogP contribution in [0.15, 0.2) is 12.2 Å². The first kappa shape index (κ1) is 19.6. The molecule has 158 valence electrons. The highest BCUT2D eigenvalue weighted by Crippen LogP contribution is 2.87. The topological polar surface area (TPSA) is 29.3 Å². The number of nitrogens with two attached hydrogens (primary N) is 1. The van der Waals surface area contributed by atoms with Crippen LogP contribution in [-0.4, -0.2) is 31.1 Å². The third kappa shape index (κ3) is 1.94. The van der Waals surface area contributed by atoms with E-state index in [1.807, 2.05) is 0 Å². The van der Waals surface area contributed by atoms with E-state index in [4.69, 9.17) is 5.73 Å². The summed E-state index contributed by atoms with van der Waals surface area (Å²) in [7, 11) is 4.59. The maximum atomic E-state index is 6.52. The van der Waals surface area contributed by atoms with E-state index >= 15 is 0 Å². The maximum Gasteiger partial charge on any atom is 0.0146 e. The van der Waals surface area contributed by atoms with Gasteiger partial charge in [0.25, 0.3) is 0 Å². The van der Waals surface area contributed by atoms with Crippen molar-refractivity contribution in [3.05, 3.63) is 12.2 Å². The molecule has 0 aromatic heterocycles. The number of nitrogens with zero attached hydrogens (tertiary/aromatic N) is 1. The van der Waals surface area contributed by atoms with Crippen LogP contribution < -0.4 is 5.73 Å². The lowest BCUT2D eigenvalue weighted by Crippen LogP contribution is -2.58. The van der Waals surface area contributed by atoms with E-state index in [-0.39, 0.29) is 0 Å². The second kappa shape index (κ2) is 5.47. The predicted molar refractivity (Wildman–Crippen MR) is 118 cm³/mol. The van der Waals surface area contributed by atoms with Crippen molar-refractivity contribution in [2.75, 3.05) is 14.1 Å². The fraction of sp³-hybridized carbons (Fsp3) is 0.923. The zero-order chi connectivity index (χ0) is 20.3. The summed E-state index contributed by atoms with van der Waals surface area (Å²) in [6, 6.07) is 1.05. The minimum atomic E-state index is 0.337. The van der Waals surface area contributed by atoms with Gasteiger partial charge in [-0.15, -0.1) is 0 Å². The third-order valence-electron chi connectivity index (χ3n) is 11.8. The molecule has 5 aliphatic carbocycles. The average molecular weight is 385 g/mol. The van der Waals surface area contributed by atoms with Gasteiger partial charge in [0.2, 0.25) is 0 Å². The van der Waals surface area contributed by atoms with Gasteiger partial charge in [-0.25, -0.2) is 0 Å². The molecule has 0 radical (unpaired) electrons. The lowest BCUT2D eigenvalue weighted by molar-refractivity contribution is -0.103. The summed E-state index contributed by atoms with van der Waals surface area (Å²) >= 11 is 0. The number of hydrogen-bond acceptors (Lipinski definition) is 2. The van der Waals surface area contributed by atoms with Crippen molar-refractivity contribution in [3.8, 4) is 0 Å². The SMILES string of the molecule is CC(N)C1CCC2(C)C3C=CC4C(C)(C)C(N(C)C)CCC45CC35CCC12C. The molecule has 2 nitrogen and oxygen atoms in total. The van der Waals surface area contributed by atoms with Gasteiger partial charge in [0.05, 0.1) is 0 Å². The second-order valence-corrected chi connectivity index (χ2v) is 13.0. The number of fused-ring (bicyclic) bond motifs is 2. The summed E-state index contributed by atoms with van der Waals surface area (Å²) in [6.45, 7) is 12.7. The van der Waals surface area contributed by atoms with Crippen LogP contribution in [0.4, 0.5) is 0 Å². The molecule has 2 spiro atoms. The molecule has 0 aromatic rings. The van der Waals surface area contributed by atoms with Gasteiger partial charge in [0.1, 0.15) is 0 Å². The standard InChI is InChI=1S/C26H44N2/c1-17(27)18-10-12-24(5)20-9-8-19-22(2,3)21(28(6)7)11-13-25(19)16-26(20,25)15-14-23(18,24)4/h8-9,17-21H,10-16,27H2,1-7H3. The molecule has 9 unspecified atom stereocenters. The molecule has 5 aliphatic rings. The molecule has 0 aliphatic heterocycles. The monoisotopic (exact) mass is 384 g/mol. The van der Waals surface area contributed by atoms with Crippen LogP contribution >= 0.6 is 0 Å². The Morgan fingerprint density at radius 1 is 0.857 bits per heavy atom. The van der Waals surface area contributed by atoms with Crippen LogP contribution in [0.5, 0.6) is 0 Å². The number of rotatable bonds is 2. The van der Waals surface area contributed by atoms with Crippen molar-refractivity contribution >= 4 is 0 Å². The second-order valence-electron chi connectivity index (χ2n) is 13.0. The predicted octanol–water partition coefficient (Wildman–Crippen LogP) is 5.48. The molecule has 2 N–H and O–H groups in total. The average Bonchev–Trinajstić information content (AvgIpc) is 3.16. The first-order valence-electron chi connectivity index (χ1n) is 12.1. The van der Waals surface area contributed by atoms with Crippen molar-refractivity contribution in [2.45, 2.75) is 91.6 Å². The minimum absolute atomic E-state index is 0.337. The Balaban J connectivity index is 1.56. The molecule has 0 bridgehead atoms. The van der Waals surface area contributed by atoms with Crippen molar-refractivity contribution in [3.63, 3.8) is 0 Å². The summed E-state index contributed by atoms with van der Waals surface area (Å²) in [4.78, 5) is 2.51. The van der Waals surface area contributed by atoms with E-state index < -0.39 is 0 Å². The van der Waals surface area contributed by atoms with Gasteiger partial charge in [-0.2, -0.15) is 0 Å². The Kier molecular flexibility index (Phi) is 3.83. The van der Waals surface area contributed by atoms with E-state index in [1.165, 1.54) is 44.9 Å². The van der Waals surface area contributed by atoms with Crippen LogP contribution in [0.25, 0.3) is 0 Å². The van der Waals surface area contributed by atoms with Crippen molar-refractivity contribution in [1.82, 2.24) is 4.90 Å². The van der Waals surface area contributed by atoms with Gasteiger partial charge in [0, 0.05) is 12.1 Å². The van der Waals surface area contributed by atoms with Crippen molar-refractivity contribution in [2.24, 2.45) is 50.6 Å². The molecular weight excluding hydrogens is 340 g/mol. The van der Waals surface area contributed by atoms with Gasteiger partial charge in [-0.05, 0) is 111 Å². The summed E-state index contributed by atoms with van der Waals surface area (Å²) in [5.74, 6) is 2.25. The van der Waals surface area contributed by atoms with E-state index in [2.05, 4.69) is 65.8 Å². The molecule has 4 fully saturated rings. The first-order valence-corrected chi connectivity index (χ1v) is 12.1. The smallest absolute Gasteiger partial charge is 0.0146 e. The number of allylic oxidation sites excluding steroid dienone is 2. The van der Waals surface area contributed by atoms with Crippen LogP contribution in [0, 0.1) is 44.8 Å². The minimum Gasteiger partial charge on any atom is -0.328 e. The summed E-state index contributed by atoms with van der Waals surface area (Å²) in [5.41, 5.74) is 8.96. The lowest BCUT2D eigenvalue weighted by atomic mass is 9.43. The van der Waals surface area contributed by atoms with Gasteiger partial charge in [-0.1, -0.05) is 39.8 Å². The lowest BCUT2D eigenvalue weighted by Gasteiger charge is -2.62. The van der Waals surface area contributed by atoms with Crippen LogP contribution in [0.3, 0.4) is 0 Å². The largest absolute Gasteiger partial charge is 0.328 e. The Bertz CT molecular complexity index is 707. The van der Waals surface area contributed by atoms with E-state index in [9.17, 15) is 0 Å². The summed E-state index contributed by atoms with van der Waals surface area (Å²) < 4.78 is 0. The van der Waals surface area contributed by atoms with E-state index in [0.717, 1.165) is 11.8 Å². The highest BCUT2D eigenvalue weighted by atomic mass is 15.1. The molecule has 0 heterocycles. The van der Waals surface area contributed by atoms with Gasteiger partial charge in [0.15, 0.2) is 0 Å². The Hall–Kier alpha value is -0.340. The molecule has 2 heteroatoms. The maximum absolute atomic E-state index is 6.52. The molecule has 5 rings (SSSR count). The molecule has 4 saturated carbocycles. The molecular formula is C26H44N2. The quantitative estimate of drug-likeness (QED) is 0.639. The first-order chi connectivity index (χ1) is 13.0. The molecule has 28 heavy (non-hydrogen) atoms. The Labute approximate surface area is 173 Å². The fourth-order valence-electron chi connectivity index (χ4n) is 10.4. The van der Waals surface area contributed by atoms with Gasteiger partial charge < -0.3 is 10.6 Å². The molecule has 0 amide bonds. The zero-order valence-corrected chi connectivity index (χ0v) is 19.5. The highest BCUT2D eigenvalue weighted by molar-refractivity contribution is 5.36. The molecule has 0 aromatic carbocycles. The molecule has 9 atom stereocenters. The Morgan fingerprint density at radius 2 is 1.50 bits per heavy atom. The zero-order valence-electron chi connectivity index (χ0n) is 19.5. The van der Waals surface area contributed by atoms with Crippen molar-refractivity contribution in [1.29, 1.82) is 0 Å². The number of hydrogen-bond donors (Lipinski definition) is 1. The van der Waals surface area contributed by atoms with Gasteiger partial charge in [-0.3, -0.25) is 0 Å². The van der Waals surface area contributed by atoms with Crippen LogP contribution in [0.1, 0.15) is 79.6 Å². The van der Waals surface area contributed by atoms with E-state index in [1.54, 1.807) is 0 Å². The van der Waals surface area contributed by atoms with E-state index in [0.29, 0.717) is 45.1 Å². The van der Waals surface area contributed by atoms with Crippen LogP contribution in [0.2, 0.25) is 0 Å². The van der Waals surface area contributed by atoms with Crippen LogP contribution in [-0.2, 0) is 0 Å². The van der Waals surface area contributed by atoms with Gasteiger partial charge >= 0.3 is 0 Å². The highest BCUT2D eigenvalue weighted by Gasteiger charge is 2.81. The summed E-state index contributed by atoms with van der Waals surface area (Å²) in [6.07, 6.45) is 15.4.